The Morgan fingerprint density at radius 2 is 1.89 bits per heavy atom. The molecule has 2 heteroatoms. The molecule has 2 unspecified atom stereocenters. The Bertz CT molecular complexity index is 114. The summed E-state index contributed by atoms with van der Waals surface area (Å²) in [5.41, 5.74) is 0. The van der Waals surface area contributed by atoms with Crippen LogP contribution in [0.2, 0.25) is 0 Å². The van der Waals surface area contributed by atoms with Crippen LogP contribution in [0.3, 0.4) is 0 Å². The van der Waals surface area contributed by atoms with Crippen molar-refractivity contribution in [2.45, 2.75) is 32.1 Å². The van der Waals surface area contributed by atoms with E-state index in [0.29, 0.717) is 18.2 Å². The van der Waals surface area contributed by atoms with E-state index >= 15 is 0 Å². The number of ether oxygens (including phenoxy) is 1. The molecule has 2 atom stereocenters. The summed E-state index contributed by atoms with van der Waals surface area (Å²) in [4.78, 5) is 2.47. The first-order valence-corrected chi connectivity index (χ1v) is 3.67. The molecular formula is C7H13NO. The molecule has 0 amide bonds. The Labute approximate surface area is 55.8 Å². The van der Waals surface area contributed by atoms with Gasteiger partial charge in [0.15, 0.2) is 0 Å². The molecule has 2 nitrogen and oxygen atoms in total. The van der Waals surface area contributed by atoms with Gasteiger partial charge in [0.2, 0.25) is 0 Å². The fraction of sp³-hybridized carbons (Fsp3) is 1.00. The van der Waals surface area contributed by atoms with Crippen molar-refractivity contribution in [3.63, 3.8) is 0 Å². The van der Waals surface area contributed by atoms with Gasteiger partial charge in [-0.15, -0.1) is 0 Å². The highest BCUT2D eigenvalue weighted by Gasteiger charge is 2.47. The molecule has 2 rings (SSSR count). The number of hydrogen-bond donors (Lipinski definition) is 0. The average molecular weight is 127 g/mol. The zero-order valence-corrected chi connectivity index (χ0v) is 6.00. The second-order valence-corrected chi connectivity index (χ2v) is 3.26. The molecule has 0 aromatic carbocycles. The van der Waals surface area contributed by atoms with E-state index in [1.807, 2.05) is 0 Å². The van der Waals surface area contributed by atoms with Crippen molar-refractivity contribution in [2.24, 2.45) is 0 Å². The first kappa shape index (κ1) is 5.69. The molecular weight excluding hydrogens is 114 g/mol. The molecule has 0 aliphatic carbocycles. The number of hydrogen-bond acceptors (Lipinski definition) is 2. The third-order valence-corrected chi connectivity index (χ3v) is 2.25. The maximum atomic E-state index is 5.29. The van der Waals surface area contributed by atoms with Crippen molar-refractivity contribution < 1.29 is 4.74 Å². The van der Waals surface area contributed by atoms with E-state index in [0.717, 1.165) is 0 Å². The second kappa shape index (κ2) is 1.70. The maximum Gasteiger partial charge on any atom is 0.0981 e. The monoisotopic (exact) mass is 127 g/mol. The van der Waals surface area contributed by atoms with Gasteiger partial charge in [0.1, 0.15) is 0 Å². The summed E-state index contributed by atoms with van der Waals surface area (Å²) in [6.07, 6.45) is 1.21. The van der Waals surface area contributed by atoms with Gasteiger partial charge in [0.25, 0.3) is 0 Å². The van der Waals surface area contributed by atoms with Crippen LogP contribution in [0, 0.1) is 0 Å². The average Bonchev–Trinajstić information content (AvgIpc) is 2.40. The lowest BCUT2D eigenvalue weighted by Gasteiger charge is -2.20. The van der Waals surface area contributed by atoms with Crippen LogP contribution in [0.4, 0.5) is 0 Å². The highest BCUT2D eigenvalue weighted by atomic mass is 16.6. The van der Waals surface area contributed by atoms with E-state index < -0.39 is 0 Å². The number of nitrogens with zero attached hydrogens (tertiary/aromatic N) is 1. The molecule has 52 valence electrons. The van der Waals surface area contributed by atoms with Crippen LogP contribution in [0.5, 0.6) is 0 Å². The van der Waals surface area contributed by atoms with E-state index in [9.17, 15) is 0 Å². The fourth-order valence-corrected chi connectivity index (χ4v) is 1.46. The lowest BCUT2D eigenvalue weighted by Crippen LogP contribution is -2.31. The molecule has 0 aromatic heterocycles. The Morgan fingerprint density at radius 1 is 1.33 bits per heavy atom. The van der Waals surface area contributed by atoms with Crippen molar-refractivity contribution in [1.29, 1.82) is 0 Å². The summed E-state index contributed by atoms with van der Waals surface area (Å²) in [6.45, 7) is 6.82. The lowest BCUT2D eigenvalue weighted by molar-refractivity contribution is 0.172. The van der Waals surface area contributed by atoms with Crippen LogP contribution in [0.1, 0.15) is 13.8 Å². The molecule has 0 spiro atoms. The van der Waals surface area contributed by atoms with Crippen LogP contribution in [0.15, 0.2) is 0 Å². The fourth-order valence-electron chi connectivity index (χ4n) is 1.46. The minimum absolute atomic E-state index is 0.604. The molecule has 2 heterocycles. The summed E-state index contributed by atoms with van der Waals surface area (Å²) < 4.78 is 5.29. The maximum absolute atomic E-state index is 5.29. The molecule has 0 bridgehead atoms. The van der Waals surface area contributed by atoms with Crippen LogP contribution in [-0.2, 0) is 4.74 Å². The number of fused-ring (bicyclic) bond motifs is 1. The molecule has 0 radical (unpaired) electrons. The third kappa shape index (κ3) is 0.864. The summed E-state index contributed by atoms with van der Waals surface area (Å²) in [7, 11) is 0. The van der Waals surface area contributed by atoms with Gasteiger partial charge in [-0.1, -0.05) is 0 Å². The first-order chi connectivity index (χ1) is 4.27. The Morgan fingerprint density at radius 3 is 2.22 bits per heavy atom. The molecule has 0 saturated carbocycles. The summed E-state index contributed by atoms with van der Waals surface area (Å²) in [5.74, 6) is 0. The summed E-state index contributed by atoms with van der Waals surface area (Å²) in [6, 6.07) is 0.710. The topological polar surface area (TPSA) is 15.8 Å². The van der Waals surface area contributed by atoms with Crippen LogP contribution in [0.25, 0.3) is 0 Å². The predicted octanol–water partition coefficient (Wildman–Crippen LogP) is 0.478. The molecule has 2 aliphatic rings. The highest BCUT2D eigenvalue weighted by molar-refractivity contribution is 4.97. The standard InChI is InChI=1S/C7H13NO/c1-5(2)8-3-6-7(4-8)9-6/h5-7H,3-4H2,1-2H3. The minimum Gasteiger partial charge on any atom is -0.367 e. The first-order valence-electron chi connectivity index (χ1n) is 3.67. The lowest BCUT2D eigenvalue weighted by atomic mass is 10.3. The van der Waals surface area contributed by atoms with Crippen LogP contribution >= 0.6 is 0 Å². The van der Waals surface area contributed by atoms with Gasteiger partial charge < -0.3 is 4.74 Å². The summed E-state index contributed by atoms with van der Waals surface area (Å²) >= 11 is 0. The smallest absolute Gasteiger partial charge is 0.0981 e. The quantitative estimate of drug-likeness (QED) is 0.476. The van der Waals surface area contributed by atoms with Gasteiger partial charge in [-0.25, -0.2) is 0 Å². The zero-order valence-electron chi connectivity index (χ0n) is 6.00. The molecule has 2 saturated heterocycles. The van der Waals surface area contributed by atoms with Crippen molar-refractivity contribution in [2.75, 3.05) is 13.1 Å². The highest BCUT2D eigenvalue weighted by Crippen LogP contribution is 2.31. The van der Waals surface area contributed by atoms with E-state index in [4.69, 9.17) is 4.74 Å². The molecule has 0 aromatic rings. The normalized spacial score (nSPS) is 41.7. The van der Waals surface area contributed by atoms with Gasteiger partial charge in [-0.3, -0.25) is 4.90 Å². The van der Waals surface area contributed by atoms with Crippen LogP contribution < -0.4 is 0 Å². The predicted molar refractivity (Wildman–Crippen MR) is 35.4 cm³/mol. The van der Waals surface area contributed by atoms with Crippen molar-refractivity contribution >= 4 is 0 Å². The Kier molecular flexibility index (Phi) is 1.08. The number of likely N-dealkylation sites (tertiary alicyclic amines) is 1. The Hall–Kier alpha value is -0.0800. The van der Waals surface area contributed by atoms with Crippen molar-refractivity contribution in [3.8, 4) is 0 Å². The number of morpholine rings is 1. The van der Waals surface area contributed by atoms with Gasteiger partial charge in [0.05, 0.1) is 12.2 Å². The Balaban J connectivity index is 1.90. The molecule has 9 heavy (non-hydrogen) atoms. The SMILES string of the molecule is CC(C)N1CC2OC2C1. The van der Waals surface area contributed by atoms with Gasteiger partial charge in [0, 0.05) is 19.1 Å². The number of epoxide rings is 1. The van der Waals surface area contributed by atoms with E-state index in [-0.39, 0.29) is 0 Å². The van der Waals surface area contributed by atoms with E-state index in [1.165, 1.54) is 13.1 Å². The largest absolute Gasteiger partial charge is 0.367 e. The molecule has 2 fully saturated rings. The molecule has 2 aliphatic heterocycles. The second-order valence-electron chi connectivity index (χ2n) is 3.26. The zero-order chi connectivity index (χ0) is 6.43. The minimum atomic E-state index is 0.604. The number of rotatable bonds is 1. The van der Waals surface area contributed by atoms with E-state index in [2.05, 4.69) is 18.7 Å². The van der Waals surface area contributed by atoms with Gasteiger partial charge in [-0.2, -0.15) is 0 Å². The van der Waals surface area contributed by atoms with Crippen molar-refractivity contribution in [1.82, 2.24) is 4.90 Å². The van der Waals surface area contributed by atoms with Gasteiger partial charge >= 0.3 is 0 Å². The van der Waals surface area contributed by atoms with E-state index in [1.54, 1.807) is 0 Å². The van der Waals surface area contributed by atoms with Crippen molar-refractivity contribution in [3.05, 3.63) is 0 Å². The van der Waals surface area contributed by atoms with Gasteiger partial charge in [-0.05, 0) is 13.8 Å². The molecule has 0 N–H and O–H groups in total. The third-order valence-electron chi connectivity index (χ3n) is 2.25. The van der Waals surface area contributed by atoms with Crippen LogP contribution in [-0.4, -0.2) is 36.2 Å². The summed E-state index contributed by atoms with van der Waals surface area (Å²) in [5, 5.41) is 0.